The molecule has 0 unspecified atom stereocenters. The van der Waals surface area contributed by atoms with Crippen molar-refractivity contribution in [3.8, 4) is 0 Å². The van der Waals surface area contributed by atoms with Crippen LogP contribution in [0.3, 0.4) is 0 Å². The van der Waals surface area contributed by atoms with Gasteiger partial charge in [-0.05, 0) is 83.1 Å². The quantitative estimate of drug-likeness (QED) is 0.350. The predicted octanol–water partition coefficient (Wildman–Crippen LogP) is 1.88. The van der Waals surface area contributed by atoms with Crippen molar-refractivity contribution in [2.24, 2.45) is 0 Å². The number of nitrogens with two attached hydrogens (primary N) is 2. The Bertz CT molecular complexity index is 860. The molecular weight excluding hydrogens is 488 g/mol. The molecule has 2 rings (SSSR count). The molecule has 10 heteroatoms. The summed E-state index contributed by atoms with van der Waals surface area (Å²) in [6.07, 6.45) is 5.33. The van der Waals surface area contributed by atoms with Crippen LogP contribution in [0.4, 0.5) is 0 Å². The van der Waals surface area contributed by atoms with Gasteiger partial charge in [0.05, 0.1) is 38.6 Å². The first-order valence-corrected chi connectivity index (χ1v) is 14.8. The van der Waals surface area contributed by atoms with Crippen molar-refractivity contribution in [1.82, 2.24) is 39.8 Å². The minimum atomic E-state index is 0.114. The Hall–Kier alpha value is -1.88. The van der Waals surface area contributed by atoms with Gasteiger partial charge in [0, 0.05) is 41.7 Å². The Morgan fingerprint density at radius 1 is 0.590 bits per heavy atom. The second-order valence-corrected chi connectivity index (χ2v) is 14.8. The molecule has 0 aliphatic carbocycles. The molecule has 0 atom stereocenters. The third kappa shape index (κ3) is 11.6. The fourth-order valence-electron chi connectivity index (χ4n) is 5.75. The summed E-state index contributed by atoms with van der Waals surface area (Å²) in [6, 6.07) is 0. The maximum atomic E-state index is 4.38. The number of hydrogen-bond acceptors (Lipinski definition) is 6. The standard InChI is InChI=1S/C29H58N10/c1-26(2,3)38(27(4,5)6)18-16-36-22-24(32-34-36)20-30-14-13-15-31-21-25-23-37(35-33-25)17-19-39(28(7,8)9)29(10,11)12/h22-23,30-31H,13-21H2,1-12H3/p+2. The van der Waals surface area contributed by atoms with Gasteiger partial charge in [-0.25, -0.2) is 0 Å². The maximum Gasteiger partial charge on any atom is 0.137 e. The zero-order valence-electron chi connectivity index (χ0n) is 27.3. The topological polar surface area (TPSA) is 101 Å². The van der Waals surface area contributed by atoms with Crippen molar-refractivity contribution in [3.63, 3.8) is 0 Å². The fourth-order valence-corrected chi connectivity index (χ4v) is 5.75. The van der Waals surface area contributed by atoms with E-state index in [0.717, 1.165) is 70.2 Å². The fraction of sp³-hybridized carbons (Fsp3) is 0.862. The van der Waals surface area contributed by atoms with Gasteiger partial charge in [-0.3, -0.25) is 19.2 Å². The van der Waals surface area contributed by atoms with E-state index in [4.69, 9.17) is 0 Å². The van der Waals surface area contributed by atoms with Crippen LogP contribution in [0.25, 0.3) is 0 Å². The van der Waals surface area contributed by atoms with Gasteiger partial charge in [0.1, 0.15) is 24.5 Å². The smallest absolute Gasteiger partial charge is 0.137 e. The summed E-state index contributed by atoms with van der Waals surface area (Å²) in [6.45, 7) is 34.8. The molecule has 2 heterocycles. The Morgan fingerprint density at radius 2 is 0.923 bits per heavy atom. The van der Waals surface area contributed by atoms with Gasteiger partial charge in [0.25, 0.3) is 0 Å². The Kier molecular flexibility index (Phi) is 11.7. The van der Waals surface area contributed by atoms with Crippen molar-refractivity contribution in [3.05, 3.63) is 23.8 Å². The van der Waals surface area contributed by atoms with Gasteiger partial charge in [-0.1, -0.05) is 10.4 Å². The molecule has 0 spiro atoms. The lowest BCUT2D eigenvalue weighted by molar-refractivity contribution is -0.696. The van der Waals surface area contributed by atoms with Crippen molar-refractivity contribution < 1.29 is 10.6 Å². The first-order valence-electron chi connectivity index (χ1n) is 14.8. The van der Waals surface area contributed by atoms with E-state index in [-0.39, 0.29) is 22.2 Å². The minimum absolute atomic E-state index is 0.114. The van der Waals surface area contributed by atoms with E-state index < -0.39 is 0 Å². The van der Waals surface area contributed by atoms with E-state index in [0.29, 0.717) is 0 Å². The van der Waals surface area contributed by atoms with Crippen molar-refractivity contribution in [1.29, 1.82) is 0 Å². The number of aromatic nitrogens is 6. The zero-order valence-corrected chi connectivity index (χ0v) is 27.3. The number of quaternary nitrogens is 2. The molecule has 2 aromatic rings. The molecule has 10 nitrogen and oxygen atoms in total. The summed E-state index contributed by atoms with van der Waals surface area (Å²) in [5, 5.41) is 22.1. The highest BCUT2D eigenvalue weighted by molar-refractivity contribution is 4.92. The molecule has 0 aromatic carbocycles. The number of nitrogens with zero attached hydrogens (tertiary/aromatic N) is 8. The monoisotopic (exact) mass is 548 g/mol. The highest BCUT2D eigenvalue weighted by Gasteiger charge is 2.32. The Balaban J connectivity index is 1.64. The molecule has 0 radical (unpaired) electrons. The lowest BCUT2D eigenvalue weighted by Gasteiger charge is -2.45. The van der Waals surface area contributed by atoms with Gasteiger partial charge in [0.2, 0.25) is 0 Å². The van der Waals surface area contributed by atoms with Gasteiger partial charge in [-0.15, -0.1) is 10.2 Å². The number of rotatable bonds is 14. The lowest BCUT2D eigenvalue weighted by atomic mass is 9.96. The summed E-state index contributed by atoms with van der Waals surface area (Å²) < 4.78 is 3.97. The lowest BCUT2D eigenvalue weighted by Crippen LogP contribution is -2.86. The first-order chi connectivity index (χ1) is 17.9. The average Bonchev–Trinajstić information content (AvgIpc) is 3.39. The van der Waals surface area contributed by atoms with Gasteiger partial charge in [0.15, 0.2) is 0 Å². The van der Waals surface area contributed by atoms with Gasteiger partial charge >= 0.3 is 0 Å². The van der Waals surface area contributed by atoms with E-state index in [2.05, 4.69) is 137 Å². The predicted molar refractivity (Wildman–Crippen MR) is 158 cm³/mol. The molecule has 0 amide bonds. The highest BCUT2D eigenvalue weighted by atomic mass is 15.4. The third-order valence-corrected chi connectivity index (χ3v) is 7.04. The second kappa shape index (κ2) is 13.7. The van der Waals surface area contributed by atoms with Crippen LogP contribution >= 0.6 is 0 Å². The zero-order chi connectivity index (χ0) is 29.5. The molecular formula is C29H60N10+2. The van der Waals surface area contributed by atoms with Crippen LogP contribution in [0.5, 0.6) is 0 Å². The maximum absolute atomic E-state index is 4.38. The van der Waals surface area contributed by atoms with E-state index in [9.17, 15) is 0 Å². The van der Waals surface area contributed by atoms with Crippen LogP contribution in [0.2, 0.25) is 0 Å². The van der Waals surface area contributed by atoms with E-state index in [1.54, 1.807) is 0 Å². The van der Waals surface area contributed by atoms with Crippen LogP contribution in [-0.2, 0) is 26.2 Å². The molecule has 0 saturated heterocycles. The average molecular weight is 549 g/mol. The van der Waals surface area contributed by atoms with Gasteiger partial charge < -0.3 is 10.6 Å². The van der Waals surface area contributed by atoms with Crippen LogP contribution in [0, 0.1) is 0 Å². The number of hydrogen-bond donors (Lipinski definition) is 2. The van der Waals surface area contributed by atoms with E-state index >= 15 is 0 Å². The van der Waals surface area contributed by atoms with Crippen molar-refractivity contribution >= 4 is 0 Å². The summed E-state index contributed by atoms with van der Waals surface area (Å²) in [7, 11) is 0. The van der Waals surface area contributed by atoms with E-state index in [1.165, 1.54) is 0 Å². The molecule has 0 saturated carbocycles. The minimum Gasteiger partial charge on any atom is -0.341 e. The molecule has 4 N–H and O–H groups in total. The van der Waals surface area contributed by atoms with Gasteiger partial charge in [-0.2, -0.15) is 0 Å². The largest absolute Gasteiger partial charge is 0.341 e. The summed E-state index contributed by atoms with van der Waals surface area (Å²) in [5.41, 5.74) is 2.55. The highest BCUT2D eigenvalue weighted by Crippen LogP contribution is 2.25. The molecule has 0 bridgehead atoms. The molecule has 0 fully saturated rings. The Morgan fingerprint density at radius 3 is 1.23 bits per heavy atom. The normalized spacial score (nSPS) is 13.7. The van der Waals surface area contributed by atoms with Crippen LogP contribution in [0.1, 0.15) is 101 Å². The molecule has 2 aromatic heterocycles. The van der Waals surface area contributed by atoms with Crippen LogP contribution in [-0.4, -0.2) is 88.1 Å². The molecule has 0 aliphatic rings. The van der Waals surface area contributed by atoms with Crippen LogP contribution < -0.4 is 10.6 Å². The summed E-state index contributed by atoms with van der Waals surface area (Å²) in [5.74, 6) is 0. The second-order valence-electron chi connectivity index (χ2n) is 14.8. The van der Waals surface area contributed by atoms with Crippen LogP contribution in [0.15, 0.2) is 12.4 Å². The third-order valence-electron chi connectivity index (χ3n) is 7.04. The first kappa shape index (κ1) is 33.3. The summed E-state index contributed by atoms with van der Waals surface area (Å²) >= 11 is 0. The SMILES string of the molecule is CC(C)(C)N(CCn1cc(C[NH2+]CCC[NH2+]Cc2cn(CCN(C(C)(C)C)C(C)(C)C)nn2)nn1)C(C)(C)C. The molecule has 224 valence electrons. The van der Waals surface area contributed by atoms with Crippen molar-refractivity contribution in [2.45, 2.75) is 138 Å². The van der Waals surface area contributed by atoms with E-state index in [1.807, 2.05) is 9.36 Å². The van der Waals surface area contributed by atoms with Crippen molar-refractivity contribution in [2.75, 3.05) is 26.2 Å². The molecule has 0 aliphatic heterocycles. The summed E-state index contributed by atoms with van der Waals surface area (Å²) in [4.78, 5) is 5.05. The molecule has 39 heavy (non-hydrogen) atoms. The Labute approximate surface area is 238 Å².